The minimum atomic E-state index is -0.744. The highest BCUT2D eigenvalue weighted by Crippen LogP contribution is 2.36. The first-order valence-corrected chi connectivity index (χ1v) is 7.09. The molecule has 1 heterocycles. The van der Waals surface area contributed by atoms with Crippen LogP contribution in [-0.4, -0.2) is 34.0 Å². The molecule has 0 bridgehead atoms. The van der Waals surface area contributed by atoms with E-state index >= 15 is 0 Å². The van der Waals surface area contributed by atoms with Gasteiger partial charge in [-0.15, -0.1) is 0 Å². The molecule has 1 amide bonds. The van der Waals surface area contributed by atoms with Crippen molar-refractivity contribution < 1.29 is 14.7 Å². The van der Waals surface area contributed by atoms with Gasteiger partial charge in [-0.1, -0.05) is 6.92 Å². The number of carboxylic acid groups (broad SMARTS) is 1. The maximum Gasteiger partial charge on any atom is 0.306 e. The number of hydrogen-bond donors (Lipinski definition) is 1. The Bertz CT molecular complexity index is 342. The summed E-state index contributed by atoms with van der Waals surface area (Å²) in [5.41, 5.74) is 0. The summed E-state index contributed by atoms with van der Waals surface area (Å²) in [6, 6.07) is 0.697. The number of aliphatic carboxylic acids is 1. The first-order valence-electron chi connectivity index (χ1n) is 7.09. The smallest absolute Gasteiger partial charge is 0.306 e. The van der Waals surface area contributed by atoms with Crippen molar-refractivity contribution in [2.75, 3.05) is 0 Å². The molecule has 0 spiro atoms. The summed E-state index contributed by atoms with van der Waals surface area (Å²) in [7, 11) is 0. The molecule has 1 saturated heterocycles. The highest BCUT2D eigenvalue weighted by Gasteiger charge is 2.40. The van der Waals surface area contributed by atoms with Crippen LogP contribution in [0, 0.1) is 11.8 Å². The number of hydrogen-bond acceptors (Lipinski definition) is 2. The Morgan fingerprint density at radius 1 is 1.17 bits per heavy atom. The average molecular weight is 253 g/mol. The van der Waals surface area contributed by atoms with Crippen molar-refractivity contribution in [1.29, 1.82) is 0 Å². The predicted octanol–water partition coefficient (Wildman–Crippen LogP) is 2.28. The van der Waals surface area contributed by atoms with Gasteiger partial charge in [0, 0.05) is 18.0 Å². The first-order chi connectivity index (χ1) is 8.54. The molecular weight excluding hydrogens is 230 g/mol. The normalized spacial score (nSPS) is 36.0. The van der Waals surface area contributed by atoms with Gasteiger partial charge >= 0.3 is 5.97 Å². The zero-order chi connectivity index (χ0) is 13.3. The Morgan fingerprint density at radius 3 is 2.39 bits per heavy atom. The first kappa shape index (κ1) is 13.4. The van der Waals surface area contributed by atoms with Gasteiger partial charge in [0.15, 0.2) is 0 Å². The van der Waals surface area contributed by atoms with E-state index in [9.17, 15) is 9.59 Å². The summed E-state index contributed by atoms with van der Waals surface area (Å²) < 4.78 is 0. The third-order valence-corrected chi connectivity index (χ3v) is 4.64. The van der Waals surface area contributed by atoms with Crippen LogP contribution in [0.3, 0.4) is 0 Å². The van der Waals surface area contributed by atoms with E-state index in [-0.39, 0.29) is 17.7 Å². The molecule has 2 aliphatic rings. The molecule has 18 heavy (non-hydrogen) atoms. The molecule has 0 aromatic carbocycles. The summed E-state index contributed by atoms with van der Waals surface area (Å²) in [4.78, 5) is 25.5. The molecule has 4 heteroatoms. The lowest BCUT2D eigenvalue weighted by Crippen LogP contribution is -2.42. The lowest BCUT2D eigenvalue weighted by molar-refractivity contribution is -0.142. The molecule has 4 nitrogen and oxygen atoms in total. The maximum absolute atomic E-state index is 12.5. The van der Waals surface area contributed by atoms with Crippen LogP contribution in [-0.2, 0) is 9.59 Å². The van der Waals surface area contributed by atoms with Gasteiger partial charge in [0.25, 0.3) is 0 Å². The molecule has 1 N–H and O–H groups in total. The zero-order valence-electron chi connectivity index (χ0n) is 11.3. The molecule has 2 fully saturated rings. The van der Waals surface area contributed by atoms with E-state index in [2.05, 4.69) is 13.8 Å². The molecule has 2 rings (SSSR count). The van der Waals surface area contributed by atoms with Crippen LogP contribution in [0.15, 0.2) is 0 Å². The summed E-state index contributed by atoms with van der Waals surface area (Å²) in [6.07, 6.45) is 5.12. The zero-order valence-corrected chi connectivity index (χ0v) is 11.3. The van der Waals surface area contributed by atoms with Gasteiger partial charge in [0.05, 0.1) is 5.92 Å². The van der Waals surface area contributed by atoms with Gasteiger partial charge in [-0.25, -0.2) is 0 Å². The van der Waals surface area contributed by atoms with Crippen molar-refractivity contribution in [1.82, 2.24) is 4.90 Å². The molecule has 2 unspecified atom stereocenters. The van der Waals surface area contributed by atoms with Crippen molar-refractivity contribution in [3.05, 3.63) is 0 Å². The fourth-order valence-electron chi connectivity index (χ4n) is 3.51. The van der Waals surface area contributed by atoms with E-state index in [0.29, 0.717) is 24.9 Å². The topological polar surface area (TPSA) is 57.6 Å². The van der Waals surface area contributed by atoms with Crippen LogP contribution in [0.2, 0.25) is 0 Å². The highest BCUT2D eigenvalue weighted by molar-refractivity contribution is 5.81. The van der Waals surface area contributed by atoms with Crippen LogP contribution in [0.1, 0.15) is 52.4 Å². The molecule has 0 aromatic rings. The van der Waals surface area contributed by atoms with Gasteiger partial charge in [-0.3, -0.25) is 9.59 Å². The monoisotopic (exact) mass is 253 g/mol. The van der Waals surface area contributed by atoms with E-state index in [1.54, 1.807) is 0 Å². The maximum atomic E-state index is 12.5. The summed E-state index contributed by atoms with van der Waals surface area (Å²) >= 11 is 0. The third kappa shape index (κ3) is 2.38. The van der Waals surface area contributed by atoms with Gasteiger partial charge in [-0.2, -0.15) is 0 Å². The quantitative estimate of drug-likeness (QED) is 0.839. The molecule has 102 valence electrons. The number of carbonyl (C=O) groups is 2. The van der Waals surface area contributed by atoms with E-state index in [1.807, 2.05) is 4.90 Å². The second kappa shape index (κ2) is 5.29. The largest absolute Gasteiger partial charge is 0.481 e. The minimum absolute atomic E-state index is 0.0549. The van der Waals surface area contributed by atoms with E-state index in [0.717, 1.165) is 25.7 Å². The van der Waals surface area contributed by atoms with Gasteiger partial charge < -0.3 is 10.0 Å². The van der Waals surface area contributed by atoms with Crippen LogP contribution in [0.4, 0.5) is 0 Å². The van der Waals surface area contributed by atoms with Crippen molar-refractivity contribution >= 4 is 11.9 Å². The average Bonchev–Trinajstić information content (AvgIpc) is 2.94. The molecule has 0 radical (unpaired) electrons. The molecule has 0 aromatic heterocycles. The Labute approximate surface area is 108 Å². The standard InChI is InChI=1S/C14H23NO3/c1-3-12-7-4-9(2)15(12)13(16)10-5-6-11(8-10)14(17)18/h9-12H,3-8H2,1-2H3,(H,17,18)/t9?,10-,11+,12?/m1/s1. The fourth-order valence-corrected chi connectivity index (χ4v) is 3.51. The fraction of sp³-hybridized carbons (Fsp3) is 0.857. The molecule has 1 saturated carbocycles. The number of likely N-dealkylation sites (tertiary alicyclic amines) is 1. The van der Waals surface area contributed by atoms with Crippen LogP contribution < -0.4 is 0 Å². The van der Waals surface area contributed by atoms with E-state index in [1.165, 1.54) is 0 Å². The van der Waals surface area contributed by atoms with Crippen LogP contribution in [0.5, 0.6) is 0 Å². The van der Waals surface area contributed by atoms with Crippen molar-refractivity contribution in [3.8, 4) is 0 Å². The lowest BCUT2D eigenvalue weighted by Gasteiger charge is -2.30. The van der Waals surface area contributed by atoms with E-state index < -0.39 is 5.97 Å². The molecule has 1 aliphatic carbocycles. The van der Waals surface area contributed by atoms with Crippen molar-refractivity contribution in [2.45, 2.75) is 64.5 Å². The molecule has 1 aliphatic heterocycles. The van der Waals surface area contributed by atoms with Crippen molar-refractivity contribution in [3.63, 3.8) is 0 Å². The Morgan fingerprint density at radius 2 is 1.83 bits per heavy atom. The molecule has 4 atom stereocenters. The lowest BCUT2D eigenvalue weighted by atomic mass is 10.0. The molecular formula is C14H23NO3. The Hall–Kier alpha value is -1.06. The summed E-state index contributed by atoms with van der Waals surface area (Å²) in [5.74, 6) is -0.903. The number of carbonyl (C=O) groups excluding carboxylic acids is 1. The van der Waals surface area contributed by atoms with E-state index in [4.69, 9.17) is 5.11 Å². The predicted molar refractivity (Wildman–Crippen MR) is 68.1 cm³/mol. The minimum Gasteiger partial charge on any atom is -0.481 e. The van der Waals surface area contributed by atoms with Gasteiger partial charge in [0.2, 0.25) is 5.91 Å². The number of carboxylic acids is 1. The second-order valence-corrected chi connectivity index (χ2v) is 5.78. The number of nitrogens with zero attached hydrogens (tertiary/aromatic N) is 1. The van der Waals surface area contributed by atoms with Crippen molar-refractivity contribution in [2.24, 2.45) is 11.8 Å². The Balaban J connectivity index is 2.01. The number of amides is 1. The SMILES string of the molecule is CCC1CCC(C)N1C(=O)[C@@H]1CC[C@H](C(=O)O)C1. The summed E-state index contributed by atoms with van der Waals surface area (Å²) in [6.45, 7) is 4.23. The van der Waals surface area contributed by atoms with Crippen LogP contribution in [0.25, 0.3) is 0 Å². The van der Waals surface area contributed by atoms with Crippen LogP contribution >= 0.6 is 0 Å². The number of rotatable bonds is 3. The van der Waals surface area contributed by atoms with Gasteiger partial charge in [0.1, 0.15) is 0 Å². The van der Waals surface area contributed by atoms with Gasteiger partial charge in [-0.05, 0) is 45.4 Å². The Kier molecular flexibility index (Phi) is 3.93. The third-order valence-electron chi connectivity index (χ3n) is 4.64. The summed E-state index contributed by atoms with van der Waals surface area (Å²) in [5, 5.41) is 9.00. The highest BCUT2D eigenvalue weighted by atomic mass is 16.4. The second-order valence-electron chi connectivity index (χ2n) is 5.78.